The smallest absolute Gasteiger partial charge is 0.243 e. The molecule has 0 aromatic heterocycles. The fraction of sp³-hybridized carbons (Fsp3) is 0.400. The number of benzene rings is 1. The minimum Gasteiger partial charge on any atom is -0.353 e. The molecule has 0 aliphatic rings. The lowest BCUT2D eigenvalue weighted by atomic mass is 10.1. The Kier molecular flexibility index (Phi) is 6.81. The molecule has 0 atom stereocenters. The summed E-state index contributed by atoms with van der Waals surface area (Å²) in [5.74, 6) is -0.00955. The maximum atomic E-state index is 11.5. The number of amides is 1. The van der Waals surface area contributed by atoms with Crippen LogP contribution in [-0.4, -0.2) is 38.0 Å². The Morgan fingerprint density at radius 3 is 2.67 bits per heavy atom. The molecule has 0 saturated heterocycles. The highest BCUT2D eigenvalue weighted by molar-refractivity contribution is 5.87. The van der Waals surface area contributed by atoms with Gasteiger partial charge in [-0.2, -0.15) is 0 Å². The molecule has 0 radical (unpaired) electrons. The molecule has 3 heteroatoms. The van der Waals surface area contributed by atoms with Gasteiger partial charge in [0.15, 0.2) is 0 Å². The summed E-state index contributed by atoms with van der Waals surface area (Å²) in [4.78, 5) is 13.6. The fourth-order valence-corrected chi connectivity index (χ4v) is 1.58. The highest BCUT2D eigenvalue weighted by Crippen LogP contribution is 1.99. The summed E-state index contributed by atoms with van der Waals surface area (Å²) in [5, 5.41) is 2.87. The van der Waals surface area contributed by atoms with Crippen LogP contribution < -0.4 is 5.32 Å². The first kappa shape index (κ1) is 14.5. The second kappa shape index (κ2) is 8.48. The molecule has 98 valence electrons. The minimum absolute atomic E-state index is 0.00955. The second-order valence-electron chi connectivity index (χ2n) is 4.54. The Morgan fingerprint density at radius 2 is 2.00 bits per heavy atom. The Bertz CT molecular complexity index is 371. The predicted octanol–water partition coefficient (Wildman–Crippen LogP) is 1.85. The highest BCUT2D eigenvalue weighted by Gasteiger charge is 1.95. The summed E-state index contributed by atoms with van der Waals surface area (Å²) in [6.07, 6.45) is 5.29. The van der Waals surface area contributed by atoms with Gasteiger partial charge in [-0.05, 0) is 45.1 Å². The van der Waals surface area contributed by atoms with Gasteiger partial charge >= 0.3 is 0 Å². The van der Waals surface area contributed by atoms with Crippen LogP contribution in [0.3, 0.4) is 0 Å². The lowest BCUT2D eigenvalue weighted by Gasteiger charge is -2.08. The van der Waals surface area contributed by atoms with Gasteiger partial charge < -0.3 is 10.2 Å². The van der Waals surface area contributed by atoms with Crippen LogP contribution >= 0.6 is 0 Å². The van der Waals surface area contributed by atoms with Crippen molar-refractivity contribution in [3.05, 3.63) is 48.0 Å². The van der Waals surface area contributed by atoms with Crippen molar-refractivity contribution < 1.29 is 4.79 Å². The Balaban J connectivity index is 2.16. The molecule has 0 bridgehead atoms. The minimum atomic E-state index is -0.00955. The summed E-state index contributed by atoms with van der Waals surface area (Å²) >= 11 is 0. The van der Waals surface area contributed by atoms with Crippen molar-refractivity contribution in [3.63, 3.8) is 0 Å². The molecule has 1 aromatic rings. The molecule has 0 saturated carbocycles. The van der Waals surface area contributed by atoms with Gasteiger partial charge in [-0.15, -0.1) is 0 Å². The largest absolute Gasteiger partial charge is 0.353 e. The van der Waals surface area contributed by atoms with Crippen molar-refractivity contribution in [1.82, 2.24) is 10.2 Å². The van der Waals surface area contributed by atoms with Gasteiger partial charge in [-0.1, -0.05) is 36.4 Å². The predicted molar refractivity (Wildman–Crippen MR) is 75.5 cm³/mol. The van der Waals surface area contributed by atoms with Crippen molar-refractivity contribution in [3.8, 4) is 0 Å². The zero-order valence-corrected chi connectivity index (χ0v) is 11.2. The lowest BCUT2D eigenvalue weighted by Crippen LogP contribution is -2.25. The molecule has 1 rings (SSSR count). The second-order valence-corrected chi connectivity index (χ2v) is 4.54. The third-order valence-electron chi connectivity index (χ3n) is 2.55. The van der Waals surface area contributed by atoms with Gasteiger partial charge in [0.25, 0.3) is 0 Å². The topological polar surface area (TPSA) is 32.3 Å². The van der Waals surface area contributed by atoms with E-state index in [9.17, 15) is 4.79 Å². The molecule has 0 aliphatic heterocycles. The molecule has 1 N–H and O–H groups in total. The van der Waals surface area contributed by atoms with Crippen LogP contribution in [0, 0.1) is 0 Å². The van der Waals surface area contributed by atoms with E-state index in [4.69, 9.17) is 0 Å². The third kappa shape index (κ3) is 6.86. The Hall–Kier alpha value is -1.61. The quantitative estimate of drug-likeness (QED) is 0.588. The third-order valence-corrected chi connectivity index (χ3v) is 2.55. The van der Waals surface area contributed by atoms with Crippen LogP contribution in [-0.2, 0) is 11.2 Å². The number of carbonyl (C=O) groups is 1. The Labute approximate surface area is 109 Å². The van der Waals surface area contributed by atoms with E-state index in [1.165, 1.54) is 5.56 Å². The highest BCUT2D eigenvalue weighted by atomic mass is 16.1. The fourth-order valence-electron chi connectivity index (χ4n) is 1.58. The molecule has 1 aromatic carbocycles. The summed E-state index contributed by atoms with van der Waals surface area (Å²) in [7, 11) is 4.06. The first-order chi connectivity index (χ1) is 8.68. The summed E-state index contributed by atoms with van der Waals surface area (Å²) in [6, 6.07) is 10.1. The van der Waals surface area contributed by atoms with E-state index >= 15 is 0 Å². The van der Waals surface area contributed by atoms with Gasteiger partial charge in [-0.25, -0.2) is 0 Å². The van der Waals surface area contributed by atoms with Crippen LogP contribution in [0.15, 0.2) is 42.5 Å². The SMILES string of the molecule is CN(C)CCCNC(=O)C=CCc1ccccc1. The number of hydrogen-bond acceptors (Lipinski definition) is 2. The molecule has 1 amide bonds. The van der Waals surface area contributed by atoms with E-state index in [0.717, 1.165) is 25.9 Å². The first-order valence-electron chi connectivity index (χ1n) is 6.31. The number of allylic oxidation sites excluding steroid dienone is 1. The maximum Gasteiger partial charge on any atom is 0.243 e. The van der Waals surface area contributed by atoms with Crippen molar-refractivity contribution in [2.75, 3.05) is 27.2 Å². The average Bonchev–Trinajstić information content (AvgIpc) is 2.36. The van der Waals surface area contributed by atoms with Crippen LogP contribution in [0.25, 0.3) is 0 Å². The summed E-state index contributed by atoms with van der Waals surface area (Å²) < 4.78 is 0. The normalized spacial score (nSPS) is 11.1. The molecule has 3 nitrogen and oxygen atoms in total. The van der Waals surface area contributed by atoms with Crippen LogP contribution in [0.4, 0.5) is 0 Å². The summed E-state index contributed by atoms with van der Waals surface area (Å²) in [5.41, 5.74) is 1.22. The maximum absolute atomic E-state index is 11.5. The summed E-state index contributed by atoms with van der Waals surface area (Å²) in [6.45, 7) is 1.72. The molecule has 0 unspecified atom stereocenters. The van der Waals surface area contributed by atoms with Gasteiger partial charge in [0.05, 0.1) is 0 Å². The molecule has 0 fully saturated rings. The van der Waals surface area contributed by atoms with E-state index < -0.39 is 0 Å². The van der Waals surface area contributed by atoms with Crippen LogP contribution in [0.2, 0.25) is 0 Å². The number of nitrogens with one attached hydrogen (secondary N) is 1. The molecule has 0 spiro atoms. The van der Waals surface area contributed by atoms with Gasteiger partial charge in [0, 0.05) is 6.54 Å². The zero-order valence-electron chi connectivity index (χ0n) is 11.2. The monoisotopic (exact) mass is 246 g/mol. The molecule has 0 aliphatic carbocycles. The zero-order chi connectivity index (χ0) is 13.2. The Morgan fingerprint density at radius 1 is 1.28 bits per heavy atom. The van der Waals surface area contributed by atoms with E-state index in [1.54, 1.807) is 6.08 Å². The molecule has 0 heterocycles. The van der Waals surface area contributed by atoms with Crippen molar-refractivity contribution in [2.45, 2.75) is 12.8 Å². The van der Waals surface area contributed by atoms with Gasteiger partial charge in [0.1, 0.15) is 0 Å². The van der Waals surface area contributed by atoms with E-state index in [-0.39, 0.29) is 5.91 Å². The molecular formula is C15H22N2O. The average molecular weight is 246 g/mol. The van der Waals surface area contributed by atoms with Gasteiger partial charge in [-0.3, -0.25) is 4.79 Å². The van der Waals surface area contributed by atoms with Crippen molar-refractivity contribution >= 4 is 5.91 Å². The number of nitrogens with zero attached hydrogens (tertiary/aromatic N) is 1. The number of carbonyl (C=O) groups excluding carboxylic acids is 1. The van der Waals surface area contributed by atoms with E-state index in [1.807, 2.05) is 38.4 Å². The van der Waals surface area contributed by atoms with E-state index in [0.29, 0.717) is 0 Å². The van der Waals surface area contributed by atoms with Crippen molar-refractivity contribution in [1.29, 1.82) is 0 Å². The lowest BCUT2D eigenvalue weighted by molar-refractivity contribution is -0.116. The number of rotatable bonds is 7. The van der Waals surface area contributed by atoms with E-state index in [2.05, 4.69) is 22.3 Å². The molecule has 18 heavy (non-hydrogen) atoms. The van der Waals surface area contributed by atoms with Gasteiger partial charge in [0.2, 0.25) is 5.91 Å². The van der Waals surface area contributed by atoms with Crippen LogP contribution in [0.5, 0.6) is 0 Å². The first-order valence-corrected chi connectivity index (χ1v) is 6.31. The number of hydrogen-bond donors (Lipinski definition) is 1. The van der Waals surface area contributed by atoms with Crippen LogP contribution in [0.1, 0.15) is 12.0 Å². The van der Waals surface area contributed by atoms with Crippen molar-refractivity contribution in [2.24, 2.45) is 0 Å². The standard InChI is InChI=1S/C15H22N2O/c1-17(2)13-7-12-16-15(18)11-6-10-14-8-4-3-5-9-14/h3-6,8-9,11H,7,10,12-13H2,1-2H3,(H,16,18). The molecular weight excluding hydrogens is 224 g/mol.